The summed E-state index contributed by atoms with van der Waals surface area (Å²) in [4.78, 5) is 11.9. The molecule has 4 nitrogen and oxygen atoms in total. The monoisotopic (exact) mass is 264 g/mol. The number of hydrogen-bond acceptors (Lipinski definition) is 3. The van der Waals surface area contributed by atoms with Gasteiger partial charge in [0.2, 0.25) is 5.91 Å². The Balaban J connectivity index is 2.49. The molecule has 0 aliphatic rings. The molecule has 0 aliphatic carbocycles. The molecule has 0 radical (unpaired) electrons. The van der Waals surface area contributed by atoms with Crippen molar-refractivity contribution in [3.8, 4) is 0 Å². The molecule has 0 saturated heterocycles. The summed E-state index contributed by atoms with van der Waals surface area (Å²) in [5, 5.41) is 15.2. The first-order valence-corrected chi connectivity index (χ1v) is 6.67. The van der Waals surface area contributed by atoms with Gasteiger partial charge < -0.3 is 15.7 Å². The van der Waals surface area contributed by atoms with Crippen LogP contribution in [0.25, 0.3) is 0 Å². The second kappa shape index (κ2) is 7.26. The largest absolute Gasteiger partial charge is 0.392 e. The predicted molar refractivity (Wildman–Crippen MR) is 78.3 cm³/mol. The Hall–Kier alpha value is -1.39. The van der Waals surface area contributed by atoms with Crippen molar-refractivity contribution >= 4 is 11.6 Å². The van der Waals surface area contributed by atoms with Gasteiger partial charge in [-0.2, -0.15) is 0 Å². The second-order valence-corrected chi connectivity index (χ2v) is 5.16. The summed E-state index contributed by atoms with van der Waals surface area (Å²) < 4.78 is 0. The van der Waals surface area contributed by atoms with Crippen LogP contribution in [0.4, 0.5) is 5.69 Å². The number of nitrogens with one attached hydrogen (secondary N) is 2. The molecule has 0 heterocycles. The highest BCUT2D eigenvalue weighted by molar-refractivity contribution is 5.92. The Bertz CT molecular complexity index is 430. The number of amides is 1. The van der Waals surface area contributed by atoms with E-state index in [4.69, 9.17) is 0 Å². The highest BCUT2D eigenvalue weighted by Gasteiger charge is 2.11. The Labute approximate surface area is 115 Å². The molecule has 0 saturated carbocycles. The maximum Gasteiger partial charge on any atom is 0.225 e. The third kappa shape index (κ3) is 5.41. The molecule has 0 bridgehead atoms. The average Bonchev–Trinajstić information content (AvgIpc) is 2.32. The van der Waals surface area contributed by atoms with E-state index in [1.54, 1.807) is 6.92 Å². The Morgan fingerprint density at radius 3 is 2.63 bits per heavy atom. The van der Waals surface area contributed by atoms with Crippen LogP contribution in [0.2, 0.25) is 0 Å². The molecule has 1 aromatic carbocycles. The van der Waals surface area contributed by atoms with Crippen molar-refractivity contribution in [2.24, 2.45) is 0 Å². The van der Waals surface area contributed by atoms with E-state index in [0.29, 0.717) is 13.0 Å². The van der Waals surface area contributed by atoms with Gasteiger partial charge in [-0.25, -0.2) is 0 Å². The topological polar surface area (TPSA) is 61.4 Å². The summed E-state index contributed by atoms with van der Waals surface area (Å²) in [6.07, 6.45) is -0.00959. The number of carbonyl (C=O) groups is 1. The van der Waals surface area contributed by atoms with E-state index in [1.807, 2.05) is 39.0 Å². The standard InChI is InChI=1S/C15H24N2O2/c1-10-6-5-7-14(13(10)4)17-15(19)8-11(2)16-9-12(3)18/h5-7,11-12,16,18H,8-9H2,1-4H3,(H,17,19). The van der Waals surface area contributed by atoms with Gasteiger partial charge in [-0.3, -0.25) is 4.79 Å². The Morgan fingerprint density at radius 1 is 1.32 bits per heavy atom. The molecule has 19 heavy (non-hydrogen) atoms. The fourth-order valence-electron chi connectivity index (χ4n) is 1.81. The van der Waals surface area contributed by atoms with Crippen molar-refractivity contribution in [3.05, 3.63) is 29.3 Å². The van der Waals surface area contributed by atoms with Gasteiger partial charge in [-0.15, -0.1) is 0 Å². The third-order valence-corrected chi connectivity index (χ3v) is 3.13. The quantitative estimate of drug-likeness (QED) is 0.736. The van der Waals surface area contributed by atoms with Crippen molar-refractivity contribution in [2.45, 2.75) is 46.3 Å². The molecular weight excluding hydrogens is 240 g/mol. The Morgan fingerprint density at radius 2 is 2.00 bits per heavy atom. The van der Waals surface area contributed by atoms with E-state index in [-0.39, 0.29) is 11.9 Å². The minimum absolute atomic E-state index is 0.0145. The normalized spacial score (nSPS) is 13.9. The first kappa shape index (κ1) is 15.7. The fourth-order valence-corrected chi connectivity index (χ4v) is 1.81. The summed E-state index contributed by atoms with van der Waals surface area (Å²) in [7, 11) is 0. The molecule has 4 heteroatoms. The SMILES string of the molecule is Cc1cccc(NC(=O)CC(C)NCC(C)O)c1C. The number of hydrogen-bond donors (Lipinski definition) is 3. The molecule has 0 aromatic heterocycles. The van der Waals surface area contributed by atoms with Gasteiger partial charge in [-0.05, 0) is 44.9 Å². The minimum atomic E-state index is -0.399. The number of aliphatic hydroxyl groups excluding tert-OH is 1. The van der Waals surface area contributed by atoms with Crippen LogP contribution in [-0.4, -0.2) is 29.7 Å². The summed E-state index contributed by atoms with van der Waals surface area (Å²) in [5.41, 5.74) is 3.13. The van der Waals surface area contributed by atoms with E-state index in [2.05, 4.69) is 10.6 Å². The first-order valence-electron chi connectivity index (χ1n) is 6.67. The summed E-state index contributed by atoms with van der Waals surface area (Å²) in [5.74, 6) is -0.0145. The van der Waals surface area contributed by atoms with Crippen LogP contribution in [0.3, 0.4) is 0 Å². The van der Waals surface area contributed by atoms with Gasteiger partial charge in [0.1, 0.15) is 0 Å². The molecule has 2 unspecified atom stereocenters. The number of aliphatic hydroxyl groups is 1. The van der Waals surface area contributed by atoms with Gasteiger partial charge in [0.05, 0.1) is 6.10 Å². The van der Waals surface area contributed by atoms with Crippen LogP contribution in [-0.2, 0) is 4.79 Å². The number of rotatable bonds is 6. The summed E-state index contributed by atoms with van der Waals surface area (Å²) >= 11 is 0. The lowest BCUT2D eigenvalue weighted by Crippen LogP contribution is -2.35. The zero-order valence-electron chi connectivity index (χ0n) is 12.2. The van der Waals surface area contributed by atoms with Crippen molar-refractivity contribution < 1.29 is 9.90 Å². The number of carbonyl (C=O) groups excluding carboxylic acids is 1. The smallest absolute Gasteiger partial charge is 0.225 e. The van der Waals surface area contributed by atoms with Crippen molar-refractivity contribution in [1.82, 2.24) is 5.32 Å². The van der Waals surface area contributed by atoms with E-state index in [0.717, 1.165) is 16.8 Å². The average molecular weight is 264 g/mol. The highest BCUT2D eigenvalue weighted by atomic mass is 16.3. The number of aryl methyl sites for hydroxylation is 1. The molecule has 1 rings (SSSR count). The lowest BCUT2D eigenvalue weighted by Gasteiger charge is -2.16. The zero-order valence-corrected chi connectivity index (χ0v) is 12.2. The molecule has 3 N–H and O–H groups in total. The molecule has 1 aromatic rings. The number of benzene rings is 1. The molecule has 0 spiro atoms. The molecule has 106 valence electrons. The molecular formula is C15H24N2O2. The van der Waals surface area contributed by atoms with E-state index in [1.165, 1.54) is 0 Å². The zero-order chi connectivity index (χ0) is 14.4. The van der Waals surface area contributed by atoms with Crippen LogP contribution < -0.4 is 10.6 Å². The van der Waals surface area contributed by atoms with Gasteiger partial charge in [-0.1, -0.05) is 12.1 Å². The molecule has 1 amide bonds. The van der Waals surface area contributed by atoms with Crippen LogP contribution in [0.5, 0.6) is 0 Å². The van der Waals surface area contributed by atoms with Gasteiger partial charge in [0.25, 0.3) is 0 Å². The maximum atomic E-state index is 11.9. The lowest BCUT2D eigenvalue weighted by molar-refractivity contribution is -0.116. The van der Waals surface area contributed by atoms with Crippen LogP contribution >= 0.6 is 0 Å². The molecule has 2 atom stereocenters. The first-order chi connectivity index (χ1) is 8.90. The van der Waals surface area contributed by atoms with Crippen LogP contribution in [0.1, 0.15) is 31.4 Å². The maximum absolute atomic E-state index is 11.9. The molecule has 0 aliphatic heterocycles. The third-order valence-electron chi connectivity index (χ3n) is 3.13. The van der Waals surface area contributed by atoms with Crippen molar-refractivity contribution in [3.63, 3.8) is 0 Å². The highest BCUT2D eigenvalue weighted by Crippen LogP contribution is 2.18. The lowest BCUT2D eigenvalue weighted by atomic mass is 10.1. The van der Waals surface area contributed by atoms with Crippen LogP contribution in [0.15, 0.2) is 18.2 Å². The van der Waals surface area contributed by atoms with Gasteiger partial charge >= 0.3 is 0 Å². The van der Waals surface area contributed by atoms with Gasteiger partial charge in [0.15, 0.2) is 0 Å². The van der Waals surface area contributed by atoms with E-state index >= 15 is 0 Å². The minimum Gasteiger partial charge on any atom is -0.392 e. The second-order valence-electron chi connectivity index (χ2n) is 5.16. The van der Waals surface area contributed by atoms with Crippen molar-refractivity contribution in [2.75, 3.05) is 11.9 Å². The van der Waals surface area contributed by atoms with E-state index in [9.17, 15) is 9.90 Å². The fraction of sp³-hybridized carbons (Fsp3) is 0.533. The van der Waals surface area contributed by atoms with Crippen molar-refractivity contribution in [1.29, 1.82) is 0 Å². The Kier molecular flexibility index (Phi) is 5.99. The molecule has 0 fully saturated rings. The van der Waals surface area contributed by atoms with Crippen LogP contribution in [0, 0.1) is 13.8 Å². The summed E-state index contributed by atoms with van der Waals surface area (Å²) in [6.45, 7) is 8.18. The van der Waals surface area contributed by atoms with Gasteiger partial charge in [0, 0.05) is 24.7 Å². The van der Waals surface area contributed by atoms with E-state index < -0.39 is 6.10 Å². The summed E-state index contributed by atoms with van der Waals surface area (Å²) in [6, 6.07) is 5.92. The number of anilines is 1. The predicted octanol–water partition coefficient (Wildman–Crippen LogP) is 1.99.